The Bertz CT molecular complexity index is 603. The van der Waals surface area contributed by atoms with Gasteiger partial charge in [0.05, 0.1) is 5.56 Å². The monoisotopic (exact) mass is 307 g/mol. The van der Waals surface area contributed by atoms with Crippen LogP contribution in [0, 0.1) is 0 Å². The van der Waals surface area contributed by atoms with Gasteiger partial charge in [0.1, 0.15) is 0 Å². The molecule has 0 aromatic heterocycles. The Morgan fingerprint density at radius 2 is 1.50 bits per heavy atom. The summed E-state index contributed by atoms with van der Waals surface area (Å²) in [4.78, 5) is 0. The third-order valence-electron chi connectivity index (χ3n) is 3.51. The molecule has 0 aliphatic carbocycles. The van der Waals surface area contributed by atoms with Gasteiger partial charge in [0.2, 0.25) is 0 Å². The molecule has 0 aliphatic rings. The Morgan fingerprint density at radius 3 is 2.14 bits per heavy atom. The predicted octanol–water partition coefficient (Wildman–Crippen LogP) is 4.82. The van der Waals surface area contributed by atoms with E-state index in [1.54, 1.807) is 6.07 Å². The van der Waals surface area contributed by atoms with E-state index in [9.17, 15) is 13.2 Å². The molecule has 2 aromatic carbocycles. The number of alkyl halides is 3. The van der Waals surface area contributed by atoms with Gasteiger partial charge in [-0.1, -0.05) is 48.5 Å². The van der Waals surface area contributed by atoms with Crippen LogP contribution >= 0.6 is 0 Å². The molecule has 0 fully saturated rings. The summed E-state index contributed by atoms with van der Waals surface area (Å²) >= 11 is 0. The summed E-state index contributed by atoms with van der Waals surface area (Å²) in [6.07, 6.45) is -3.76. The van der Waals surface area contributed by atoms with Crippen molar-refractivity contribution in [3.05, 3.63) is 71.3 Å². The van der Waals surface area contributed by atoms with Crippen molar-refractivity contribution in [2.45, 2.75) is 38.5 Å². The first-order valence-corrected chi connectivity index (χ1v) is 7.21. The molecule has 0 radical (unpaired) electrons. The van der Waals surface area contributed by atoms with Crippen molar-refractivity contribution < 1.29 is 13.2 Å². The zero-order valence-electron chi connectivity index (χ0n) is 12.7. The first-order chi connectivity index (χ1) is 10.3. The van der Waals surface area contributed by atoms with E-state index in [1.165, 1.54) is 12.1 Å². The Balaban J connectivity index is 2.02. The Kier molecular flexibility index (Phi) is 4.91. The second kappa shape index (κ2) is 6.53. The Hall–Kier alpha value is -1.81. The van der Waals surface area contributed by atoms with Crippen LogP contribution in [0.5, 0.6) is 0 Å². The van der Waals surface area contributed by atoms with Gasteiger partial charge in [-0.25, -0.2) is 0 Å². The molecule has 0 heterocycles. The van der Waals surface area contributed by atoms with Crippen LogP contribution in [0.15, 0.2) is 54.6 Å². The van der Waals surface area contributed by atoms with Gasteiger partial charge in [-0.3, -0.25) is 0 Å². The maximum absolute atomic E-state index is 12.8. The largest absolute Gasteiger partial charge is 0.416 e. The van der Waals surface area contributed by atoms with E-state index in [2.05, 4.69) is 5.32 Å². The summed E-state index contributed by atoms with van der Waals surface area (Å²) in [7, 11) is 0. The highest BCUT2D eigenvalue weighted by Gasteiger charge is 2.30. The summed E-state index contributed by atoms with van der Waals surface area (Å²) in [6.45, 7) is 4.68. The van der Waals surface area contributed by atoms with Crippen LogP contribution in [0.1, 0.15) is 30.5 Å². The quantitative estimate of drug-likeness (QED) is 0.835. The number of benzene rings is 2. The summed E-state index contributed by atoms with van der Waals surface area (Å²) in [5, 5.41) is 3.40. The molecular formula is C18H20F3N. The van der Waals surface area contributed by atoms with Crippen LogP contribution in [0.2, 0.25) is 0 Å². The molecule has 1 nitrogen and oxygen atoms in total. The topological polar surface area (TPSA) is 12.0 Å². The van der Waals surface area contributed by atoms with Crippen molar-refractivity contribution in [3.8, 4) is 0 Å². The summed E-state index contributed by atoms with van der Waals surface area (Å²) in [5.74, 6) is 0. The average Bonchev–Trinajstić information content (AvgIpc) is 2.45. The molecule has 1 N–H and O–H groups in total. The summed E-state index contributed by atoms with van der Waals surface area (Å²) < 4.78 is 38.3. The second-order valence-electron chi connectivity index (χ2n) is 6.10. The lowest BCUT2D eigenvalue weighted by Gasteiger charge is -2.27. The fourth-order valence-electron chi connectivity index (χ4n) is 2.37. The fourth-order valence-corrected chi connectivity index (χ4v) is 2.37. The fraction of sp³-hybridized carbons (Fsp3) is 0.333. The van der Waals surface area contributed by atoms with Gasteiger partial charge in [0.25, 0.3) is 0 Å². The van der Waals surface area contributed by atoms with E-state index in [1.807, 2.05) is 44.2 Å². The molecule has 0 unspecified atom stereocenters. The number of halogens is 3. The predicted molar refractivity (Wildman–Crippen MR) is 82.5 cm³/mol. The van der Waals surface area contributed by atoms with E-state index in [0.717, 1.165) is 11.6 Å². The zero-order valence-corrected chi connectivity index (χ0v) is 12.7. The van der Waals surface area contributed by atoms with Crippen LogP contribution in [-0.4, -0.2) is 5.54 Å². The number of hydrogen-bond donors (Lipinski definition) is 1. The molecule has 0 spiro atoms. The van der Waals surface area contributed by atoms with Crippen molar-refractivity contribution in [3.63, 3.8) is 0 Å². The highest BCUT2D eigenvalue weighted by Crippen LogP contribution is 2.30. The van der Waals surface area contributed by atoms with Crippen molar-refractivity contribution in [1.82, 2.24) is 5.32 Å². The molecule has 0 bridgehead atoms. The molecule has 0 saturated heterocycles. The minimum atomic E-state index is -4.29. The first kappa shape index (κ1) is 16.6. The van der Waals surface area contributed by atoms with Crippen LogP contribution < -0.4 is 5.32 Å². The molecule has 0 atom stereocenters. The smallest absolute Gasteiger partial charge is 0.307 e. The van der Waals surface area contributed by atoms with Crippen LogP contribution in [0.3, 0.4) is 0 Å². The number of hydrogen-bond acceptors (Lipinski definition) is 1. The normalized spacial score (nSPS) is 12.4. The van der Waals surface area contributed by atoms with Gasteiger partial charge in [0, 0.05) is 12.1 Å². The molecule has 118 valence electrons. The molecule has 4 heteroatoms. The van der Waals surface area contributed by atoms with E-state index in [4.69, 9.17) is 0 Å². The maximum Gasteiger partial charge on any atom is 0.416 e. The highest BCUT2D eigenvalue weighted by atomic mass is 19.4. The molecule has 0 saturated carbocycles. The number of rotatable bonds is 5. The lowest BCUT2D eigenvalue weighted by atomic mass is 9.93. The van der Waals surface area contributed by atoms with Crippen molar-refractivity contribution in [2.75, 3.05) is 0 Å². The Labute approximate surface area is 129 Å². The SMILES string of the molecule is CC(C)(Cc1cccc(C(F)(F)F)c1)NCc1ccccc1. The van der Waals surface area contributed by atoms with Gasteiger partial charge >= 0.3 is 6.18 Å². The second-order valence-corrected chi connectivity index (χ2v) is 6.10. The van der Waals surface area contributed by atoms with Crippen LogP contribution in [-0.2, 0) is 19.1 Å². The van der Waals surface area contributed by atoms with Crippen molar-refractivity contribution in [1.29, 1.82) is 0 Å². The third-order valence-corrected chi connectivity index (χ3v) is 3.51. The van der Waals surface area contributed by atoms with E-state index < -0.39 is 11.7 Å². The molecule has 0 amide bonds. The standard InChI is InChI=1S/C18H20F3N/c1-17(2,22-13-14-7-4-3-5-8-14)12-15-9-6-10-16(11-15)18(19,20)21/h3-11,22H,12-13H2,1-2H3. The third kappa shape index (κ3) is 4.88. The lowest BCUT2D eigenvalue weighted by molar-refractivity contribution is -0.137. The average molecular weight is 307 g/mol. The summed E-state index contributed by atoms with van der Waals surface area (Å²) in [6, 6.07) is 15.5. The van der Waals surface area contributed by atoms with Gasteiger partial charge in [-0.05, 0) is 37.5 Å². The zero-order chi connectivity index (χ0) is 16.2. The van der Waals surface area contributed by atoms with Gasteiger partial charge in [-0.15, -0.1) is 0 Å². The molecule has 2 aromatic rings. The van der Waals surface area contributed by atoms with Crippen LogP contribution in [0.25, 0.3) is 0 Å². The van der Waals surface area contributed by atoms with E-state index >= 15 is 0 Å². The van der Waals surface area contributed by atoms with E-state index in [0.29, 0.717) is 18.5 Å². The minimum absolute atomic E-state index is 0.292. The molecule has 2 rings (SSSR count). The van der Waals surface area contributed by atoms with Crippen LogP contribution in [0.4, 0.5) is 13.2 Å². The van der Waals surface area contributed by atoms with Crippen molar-refractivity contribution >= 4 is 0 Å². The molecule has 22 heavy (non-hydrogen) atoms. The summed E-state index contributed by atoms with van der Waals surface area (Å²) in [5.41, 5.74) is 0.948. The van der Waals surface area contributed by atoms with Gasteiger partial charge in [0.15, 0.2) is 0 Å². The van der Waals surface area contributed by atoms with Crippen molar-refractivity contribution in [2.24, 2.45) is 0 Å². The van der Waals surface area contributed by atoms with E-state index in [-0.39, 0.29) is 5.54 Å². The minimum Gasteiger partial charge on any atom is -0.307 e. The molecule has 0 aliphatic heterocycles. The first-order valence-electron chi connectivity index (χ1n) is 7.21. The maximum atomic E-state index is 12.8. The van der Waals surface area contributed by atoms with Gasteiger partial charge < -0.3 is 5.32 Å². The highest BCUT2D eigenvalue weighted by molar-refractivity contribution is 5.27. The van der Waals surface area contributed by atoms with Gasteiger partial charge in [-0.2, -0.15) is 13.2 Å². The Morgan fingerprint density at radius 1 is 0.864 bits per heavy atom. The number of nitrogens with one attached hydrogen (secondary N) is 1. The lowest BCUT2D eigenvalue weighted by Crippen LogP contribution is -2.40. The molecular weight excluding hydrogens is 287 g/mol.